The van der Waals surface area contributed by atoms with E-state index in [2.05, 4.69) is 101 Å². The lowest BCUT2D eigenvalue weighted by atomic mass is 9.94. The molecule has 3 heterocycles. The molecule has 2 unspecified atom stereocenters. The summed E-state index contributed by atoms with van der Waals surface area (Å²) in [7, 11) is 1.65. The molecule has 7 nitrogen and oxygen atoms in total. The second-order valence-corrected chi connectivity index (χ2v) is 13.5. The molecule has 9 heteroatoms. The lowest BCUT2D eigenvalue weighted by Crippen LogP contribution is -2.61. The Morgan fingerprint density at radius 2 is 1.42 bits per heavy atom. The summed E-state index contributed by atoms with van der Waals surface area (Å²) in [5.74, 6) is 1.35. The zero-order valence-corrected chi connectivity index (χ0v) is 28.0. The number of amides is 1. The van der Waals surface area contributed by atoms with Gasteiger partial charge in [-0.3, -0.25) is 15.4 Å². The molecule has 3 saturated heterocycles. The number of piperidine rings is 1. The smallest absolute Gasteiger partial charge is 0.262 e. The SMILES string of the molecule is CCOc1cc(OC)ccc1C1(C(=O)N2CCC(N3CCCC3)CC2)NC(c2ccc(Br)cc2)C(c2ccc(Br)cc2)N1. The number of likely N-dealkylation sites (tertiary alicyclic amines) is 2. The average molecular weight is 713 g/mol. The first-order valence-electron chi connectivity index (χ1n) is 15.3. The molecular weight excluding hydrogens is 672 g/mol. The van der Waals surface area contributed by atoms with Gasteiger partial charge in [0.2, 0.25) is 0 Å². The zero-order chi connectivity index (χ0) is 30.0. The maximum atomic E-state index is 15.0. The summed E-state index contributed by atoms with van der Waals surface area (Å²) in [5.41, 5.74) is 1.74. The Balaban J connectivity index is 1.43. The van der Waals surface area contributed by atoms with Crippen LogP contribution in [0.3, 0.4) is 0 Å². The minimum absolute atomic E-state index is 0.0280. The van der Waals surface area contributed by atoms with Crippen molar-refractivity contribution in [3.63, 3.8) is 0 Å². The second-order valence-electron chi connectivity index (χ2n) is 11.7. The van der Waals surface area contributed by atoms with Crippen LogP contribution in [0.2, 0.25) is 0 Å². The molecular formula is C34H40Br2N4O3. The van der Waals surface area contributed by atoms with Crippen molar-refractivity contribution in [2.75, 3.05) is 39.9 Å². The average Bonchev–Trinajstić information content (AvgIpc) is 3.72. The molecule has 0 saturated carbocycles. The van der Waals surface area contributed by atoms with Crippen LogP contribution in [0.5, 0.6) is 11.5 Å². The summed E-state index contributed by atoms with van der Waals surface area (Å²) >= 11 is 7.18. The van der Waals surface area contributed by atoms with Gasteiger partial charge in [0, 0.05) is 39.7 Å². The molecule has 0 aromatic heterocycles. The first-order chi connectivity index (χ1) is 20.9. The topological polar surface area (TPSA) is 66.1 Å². The molecule has 0 aliphatic carbocycles. The quantitative estimate of drug-likeness (QED) is 0.277. The number of carbonyl (C=O) groups is 1. The molecule has 6 rings (SSSR count). The molecule has 2 N–H and O–H groups in total. The van der Waals surface area contributed by atoms with Crippen molar-refractivity contribution < 1.29 is 14.3 Å². The van der Waals surface area contributed by atoms with Gasteiger partial charge in [0.1, 0.15) is 11.5 Å². The summed E-state index contributed by atoms with van der Waals surface area (Å²) in [6.45, 7) is 6.26. The number of hydrogen-bond donors (Lipinski definition) is 2. The second kappa shape index (κ2) is 13.3. The Bertz CT molecular complexity index is 1350. The van der Waals surface area contributed by atoms with E-state index >= 15 is 4.79 Å². The maximum absolute atomic E-state index is 15.0. The number of halogens is 2. The van der Waals surface area contributed by atoms with Crippen molar-refractivity contribution in [1.82, 2.24) is 20.4 Å². The number of rotatable bonds is 8. The Morgan fingerprint density at radius 3 is 1.93 bits per heavy atom. The minimum atomic E-state index is -1.22. The van der Waals surface area contributed by atoms with Gasteiger partial charge >= 0.3 is 0 Å². The monoisotopic (exact) mass is 710 g/mol. The molecule has 0 radical (unpaired) electrons. The van der Waals surface area contributed by atoms with E-state index in [-0.39, 0.29) is 18.0 Å². The van der Waals surface area contributed by atoms with Crippen molar-refractivity contribution in [2.45, 2.75) is 56.4 Å². The number of nitrogens with one attached hydrogen (secondary N) is 2. The number of hydrogen-bond acceptors (Lipinski definition) is 6. The molecule has 3 aromatic rings. The highest BCUT2D eigenvalue weighted by Crippen LogP contribution is 2.45. The number of carbonyl (C=O) groups excluding carboxylic acids is 1. The van der Waals surface area contributed by atoms with E-state index in [0.29, 0.717) is 24.1 Å². The van der Waals surface area contributed by atoms with E-state index in [4.69, 9.17) is 9.47 Å². The van der Waals surface area contributed by atoms with E-state index in [1.54, 1.807) is 7.11 Å². The molecule has 3 aromatic carbocycles. The van der Waals surface area contributed by atoms with Crippen LogP contribution in [-0.4, -0.2) is 61.6 Å². The summed E-state index contributed by atoms with van der Waals surface area (Å²) in [4.78, 5) is 19.7. The third kappa shape index (κ3) is 6.25. The predicted molar refractivity (Wildman–Crippen MR) is 176 cm³/mol. The van der Waals surface area contributed by atoms with E-state index in [0.717, 1.165) is 51.6 Å². The van der Waals surface area contributed by atoms with Gasteiger partial charge in [0.15, 0.2) is 5.66 Å². The van der Waals surface area contributed by atoms with E-state index < -0.39 is 5.66 Å². The minimum Gasteiger partial charge on any atom is -0.497 e. The van der Waals surface area contributed by atoms with Gasteiger partial charge in [-0.1, -0.05) is 56.1 Å². The number of benzene rings is 3. The van der Waals surface area contributed by atoms with Gasteiger partial charge in [-0.05, 0) is 93.2 Å². The first-order valence-corrected chi connectivity index (χ1v) is 16.9. The number of ether oxygens (including phenoxy) is 2. The van der Waals surface area contributed by atoms with Gasteiger partial charge in [0.05, 0.1) is 25.8 Å². The van der Waals surface area contributed by atoms with Crippen LogP contribution in [0.1, 0.15) is 61.4 Å². The summed E-state index contributed by atoms with van der Waals surface area (Å²) in [6.07, 6.45) is 4.55. The Morgan fingerprint density at radius 1 is 0.860 bits per heavy atom. The molecule has 0 bridgehead atoms. The van der Waals surface area contributed by atoms with E-state index in [1.807, 2.05) is 25.1 Å². The predicted octanol–water partition coefficient (Wildman–Crippen LogP) is 6.53. The fourth-order valence-electron chi connectivity index (χ4n) is 6.95. The fraction of sp³-hybridized carbons (Fsp3) is 0.441. The van der Waals surface area contributed by atoms with Crippen LogP contribution in [0.4, 0.5) is 0 Å². The molecule has 228 valence electrons. The van der Waals surface area contributed by atoms with Gasteiger partial charge in [0.25, 0.3) is 5.91 Å². The van der Waals surface area contributed by atoms with Crippen LogP contribution < -0.4 is 20.1 Å². The van der Waals surface area contributed by atoms with Crippen molar-refractivity contribution in [3.05, 3.63) is 92.4 Å². The fourth-order valence-corrected chi connectivity index (χ4v) is 7.48. The Kier molecular flexibility index (Phi) is 9.45. The van der Waals surface area contributed by atoms with Crippen LogP contribution >= 0.6 is 31.9 Å². The molecule has 2 atom stereocenters. The van der Waals surface area contributed by atoms with E-state index in [9.17, 15) is 0 Å². The van der Waals surface area contributed by atoms with Gasteiger partial charge in [-0.25, -0.2) is 0 Å². The number of methoxy groups -OCH3 is 1. The van der Waals surface area contributed by atoms with Gasteiger partial charge < -0.3 is 19.3 Å². The van der Waals surface area contributed by atoms with Crippen LogP contribution in [0.25, 0.3) is 0 Å². The normalized spacial score (nSPS) is 24.8. The van der Waals surface area contributed by atoms with E-state index in [1.165, 1.54) is 25.9 Å². The van der Waals surface area contributed by atoms with Crippen LogP contribution in [-0.2, 0) is 10.5 Å². The molecule has 0 spiro atoms. The summed E-state index contributed by atoms with van der Waals surface area (Å²) in [6, 6.07) is 22.7. The molecule has 43 heavy (non-hydrogen) atoms. The highest BCUT2D eigenvalue weighted by atomic mass is 79.9. The first kappa shape index (κ1) is 30.6. The van der Waals surface area contributed by atoms with Crippen molar-refractivity contribution in [3.8, 4) is 11.5 Å². The summed E-state index contributed by atoms with van der Waals surface area (Å²) in [5, 5.41) is 7.72. The van der Waals surface area contributed by atoms with Gasteiger partial charge in [-0.2, -0.15) is 0 Å². The lowest BCUT2D eigenvalue weighted by Gasteiger charge is -2.41. The molecule has 3 aliphatic rings. The number of nitrogens with zero attached hydrogens (tertiary/aromatic N) is 2. The molecule has 3 fully saturated rings. The highest BCUT2D eigenvalue weighted by molar-refractivity contribution is 9.10. The largest absolute Gasteiger partial charge is 0.497 e. The van der Waals surface area contributed by atoms with Crippen LogP contribution in [0, 0.1) is 0 Å². The molecule has 3 aliphatic heterocycles. The Labute approximate surface area is 271 Å². The lowest BCUT2D eigenvalue weighted by molar-refractivity contribution is -0.141. The highest BCUT2D eigenvalue weighted by Gasteiger charge is 2.54. The maximum Gasteiger partial charge on any atom is 0.262 e. The third-order valence-corrected chi connectivity index (χ3v) is 10.2. The van der Waals surface area contributed by atoms with Crippen LogP contribution in [0.15, 0.2) is 75.7 Å². The molecule has 1 amide bonds. The Hall–Kier alpha value is -2.43. The summed E-state index contributed by atoms with van der Waals surface area (Å²) < 4.78 is 13.8. The van der Waals surface area contributed by atoms with Crippen molar-refractivity contribution >= 4 is 37.8 Å². The van der Waals surface area contributed by atoms with Crippen molar-refractivity contribution in [2.24, 2.45) is 0 Å². The van der Waals surface area contributed by atoms with Crippen molar-refractivity contribution in [1.29, 1.82) is 0 Å². The third-order valence-electron chi connectivity index (χ3n) is 9.16. The van der Waals surface area contributed by atoms with Gasteiger partial charge in [-0.15, -0.1) is 0 Å². The zero-order valence-electron chi connectivity index (χ0n) is 24.8. The standard InChI is InChI=1S/C34H40Br2N4O3/c1-3-43-30-22-28(42-2)14-15-29(30)34(33(41)40-20-16-27(17-21-40)39-18-4-5-19-39)37-31(23-6-10-25(35)11-7-23)32(38-34)24-8-12-26(36)13-9-24/h6-15,22,27,31-32,37-38H,3-5,16-21H2,1-2H3.